The molecule has 1 atom stereocenters. The fraction of sp³-hybridized carbons (Fsp3) is 0.316. The van der Waals surface area contributed by atoms with Gasteiger partial charge in [-0.25, -0.2) is 4.79 Å². The first-order valence-electron chi connectivity index (χ1n) is 8.51. The number of benzene rings is 1. The van der Waals surface area contributed by atoms with Crippen molar-refractivity contribution in [1.82, 2.24) is 10.3 Å². The molecule has 3 rings (SSSR count). The van der Waals surface area contributed by atoms with Crippen LogP contribution in [0.25, 0.3) is 0 Å². The molecule has 25 heavy (non-hydrogen) atoms. The van der Waals surface area contributed by atoms with Crippen LogP contribution in [0.4, 0.5) is 16.2 Å². The summed E-state index contributed by atoms with van der Waals surface area (Å²) in [4.78, 5) is 30.1. The first-order valence-corrected chi connectivity index (χ1v) is 8.51. The monoisotopic (exact) mass is 338 g/mol. The summed E-state index contributed by atoms with van der Waals surface area (Å²) in [5.74, 6) is 0.137. The third kappa shape index (κ3) is 4.35. The third-order valence-electron chi connectivity index (χ3n) is 4.27. The quantitative estimate of drug-likeness (QED) is 0.896. The Hall–Kier alpha value is -2.89. The summed E-state index contributed by atoms with van der Waals surface area (Å²) in [7, 11) is 0. The highest BCUT2D eigenvalue weighted by atomic mass is 16.2. The highest BCUT2D eigenvalue weighted by Crippen LogP contribution is 2.24. The molecule has 1 unspecified atom stereocenters. The maximum atomic E-state index is 12.2. The lowest BCUT2D eigenvalue weighted by Crippen LogP contribution is -2.35. The maximum Gasteiger partial charge on any atom is 0.319 e. The summed E-state index contributed by atoms with van der Waals surface area (Å²) in [6.07, 6.45) is 5.96. The number of rotatable bonds is 4. The number of aromatic nitrogens is 1. The molecular formula is C19H22N4O2. The zero-order valence-electron chi connectivity index (χ0n) is 14.2. The molecule has 2 N–H and O–H groups in total. The van der Waals surface area contributed by atoms with E-state index in [-0.39, 0.29) is 18.0 Å². The van der Waals surface area contributed by atoms with E-state index < -0.39 is 0 Å². The minimum atomic E-state index is -0.293. The summed E-state index contributed by atoms with van der Waals surface area (Å²) < 4.78 is 0. The van der Waals surface area contributed by atoms with E-state index in [9.17, 15) is 9.59 Å². The maximum absolute atomic E-state index is 12.2. The Labute approximate surface area is 147 Å². The van der Waals surface area contributed by atoms with Crippen LogP contribution in [0.2, 0.25) is 0 Å². The van der Waals surface area contributed by atoms with Crippen LogP contribution in [0.15, 0.2) is 48.8 Å². The van der Waals surface area contributed by atoms with Gasteiger partial charge in [-0.15, -0.1) is 0 Å². The molecule has 130 valence electrons. The molecule has 1 aromatic carbocycles. The lowest BCUT2D eigenvalue weighted by atomic mass is 10.1. The molecule has 6 nitrogen and oxygen atoms in total. The standard InChI is InChI=1S/C19H22N4O2/c1-14(15-6-5-10-20-13-15)21-19(25)22-16-7-4-8-17(12-16)23-11-3-2-9-18(23)24/h4-8,10,12-14H,2-3,9,11H2,1H3,(H2,21,22,25). The number of amides is 3. The normalized spacial score (nSPS) is 15.6. The van der Waals surface area contributed by atoms with Crippen molar-refractivity contribution in [1.29, 1.82) is 0 Å². The second-order valence-electron chi connectivity index (χ2n) is 6.16. The number of carbonyl (C=O) groups is 2. The van der Waals surface area contributed by atoms with Crippen molar-refractivity contribution in [3.05, 3.63) is 54.4 Å². The molecule has 1 aliphatic heterocycles. The van der Waals surface area contributed by atoms with Gasteiger partial charge < -0.3 is 15.5 Å². The van der Waals surface area contributed by atoms with Crippen LogP contribution in [0, 0.1) is 0 Å². The van der Waals surface area contributed by atoms with Crippen LogP contribution >= 0.6 is 0 Å². The van der Waals surface area contributed by atoms with Crippen molar-refractivity contribution >= 4 is 23.3 Å². The molecule has 1 fully saturated rings. The SMILES string of the molecule is CC(NC(=O)Nc1cccc(N2CCCCC2=O)c1)c1cccnc1. The van der Waals surface area contributed by atoms with E-state index in [4.69, 9.17) is 0 Å². The van der Waals surface area contributed by atoms with Crippen LogP contribution in [0.1, 0.15) is 37.8 Å². The van der Waals surface area contributed by atoms with Gasteiger partial charge in [-0.05, 0) is 49.6 Å². The first kappa shape index (κ1) is 17.0. The van der Waals surface area contributed by atoms with E-state index in [1.165, 1.54) is 0 Å². The van der Waals surface area contributed by atoms with Gasteiger partial charge in [-0.2, -0.15) is 0 Å². The average molecular weight is 338 g/mol. The summed E-state index contributed by atoms with van der Waals surface area (Å²) in [6.45, 7) is 2.63. The molecule has 2 aromatic rings. The predicted molar refractivity (Wildman–Crippen MR) is 97.5 cm³/mol. The van der Waals surface area contributed by atoms with E-state index in [0.717, 1.165) is 30.6 Å². The molecule has 0 saturated carbocycles. The molecule has 2 heterocycles. The van der Waals surface area contributed by atoms with Gasteiger partial charge in [-0.3, -0.25) is 9.78 Å². The number of hydrogen-bond acceptors (Lipinski definition) is 3. The molecule has 6 heteroatoms. The topological polar surface area (TPSA) is 74.3 Å². The van der Waals surface area contributed by atoms with Crippen LogP contribution in [-0.4, -0.2) is 23.5 Å². The average Bonchev–Trinajstić information content (AvgIpc) is 2.63. The van der Waals surface area contributed by atoms with Crippen molar-refractivity contribution in [2.45, 2.75) is 32.2 Å². The second kappa shape index (κ2) is 7.79. The van der Waals surface area contributed by atoms with Crippen molar-refractivity contribution in [3.8, 4) is 0 Å². The lowest BCUT2D eigenvalue weighted by Gasteiger charge is -2.27. The van der Waals surface area contributed by atoms with Gasteiger partial charge >= 0.3 is 6.03 Å². The summed E-state index contributed by atoms with van der Waals surface area (Å²) >= 11 is 0. The smallest absolute Gasteiger partial charge is 0.319 e. The van der Waals surface area contributed by atoms with E-state index in [1.807, 2.05) is 43.3 Å². The summed E-state index contributed by atoms with van der Waals surface area (Å²) in [5, 5.41) is 5.71. The van der Waals surface area contributed by atoms with E-state index in [0.29, 0.717) is 12.1 Å². The molecule has 1 aliphatic rings. The van der Waals surface area contributed by atoms with Gasteiger partial charge in [0.15, 0.2) is 0 Å². The Morgan fingerprint density at radius 2 is 2.12 bits per heavy atom. The van der Waals surface area contributed by atoms with Crippen LogP contribution < -0.4 is 15.5 Å². The van der Waals surface area contributed by atoms with Crippen molar-refractivity contribution < 1.29 is 9.59 Å². The number of pyridine rings is 1. The number of carbonyl (C=O) groups excluding carboxylic acids is 2. The van der Waals surface area contributed by atoms with Gasteiger partial charge in [0.1, 0.15) is 0 Å². The number of anilines is 2. The minimum Gasteiger partial charge on any atom is -0.331 e. The highest BCUT2D eigenvalue weighted by Gasteiger charge is 2.19. The minimum absolute atomic E-state index is 0.137. The number of hydrogen-bond donors (Lipinski definition) is 2. The van der Waals surface area contributed by atoms with E-state index in [1.54, 1.807) is 17.3 Å². The van der Waals surface area contributed by atoms with Gasteiger partial charge in [0.25, 0.3) is 0 Å². The predicted octanol–water partition coefficient (Wildman–Crippen LogP) is 3.48. The van der Waals surface area contributed by atoms with Crippen LogP contribution in [0.3, 0.4) is 0 Å². The summed E-state index contributed by atoms with van der Waals surface area (Å²) in [5.41, 5.74) is 2.42. The molecule has 1 saturated heterocycles. The largest absolute Gasteiger partial charge is 0.331 e. The zero-order chi connectivity index (χ0) is 17.6. The van der Waals surface area contributed by atoms with E-state index >= 15 is 0 Å². The van der Waals surface area contributed by atoms with Gasteiger partial charge in [0.05, 0.1) is 6.04 Å². The van der Waals surface area contributed by atoms with Crippen molar-refractivity contribution in [2.75, 3.05) is 16.8 Å². The van der Waals surface area contributed by atoms with Crippen molar-refractivity contribution in [3.63, 3.8) is 0 Å². The molecule has 0 spiro atoms. The van der Waals surface area contributed by atoms with Crippen molar-refractivity contribution in [2.24, 2.45) is 0 Å². The molecular weight excluding hydrogens is 316 g/mol. The lowest BCUT2D eigenvalue weighted by molar-refractivity contribution is -0.119. The Kier molecular flexibility index (Phi) is 5.28. The van der Waals surface area contributed by atoms with Gasteiger partial charge in [-0.1, -0.05) is 12.1 Å². The molecule has 0 radical (unpaired) electrons. The number of piperidine rings is 1. The van der Waals surface area contributed by atoms with Gasteiger partial charge in [0.2, 0.25) is 5.91 Å². The Balaban J connectivity index is 1.63. The fourth-order valence-electron chi connectivity index (χ4n) is 2.91. The number of nitrogens with one attached hydrogen (secondary N) is 2. The Bertz CT molecular complexity index is 748. The van der Waals surface area contributed by atoms with E-state index in [2.05, 4.69) is 15.6 Å². The fourth-order valence-corrected chi connectivity index (χ4v) is 2.91. The molecule has 3 amide bonds. The van der Waals surface area contributed by atoms with Crippen LogP contribution in [-0.2, 0) is 4.79 Å². The van der Waals surface area contributed by atoms with Crippen LogP contribution in [0.5, 0.6) is 0 Å². The number of nitrogens with zero attached hydrogens (tertiary/aromatic N) is 2. The summed E-state index contributed by atoms with van der Waals surface area (Å²) in [6, 6.07) is 10.7. The third-order valence-corrected chi connectivity index (χ3v) is 4.27. The highest BCUT2D eigenvalue weighted by molar-refractivity contribution is 5.95. The molecule has 1 aromatic heterocycles. The first-order chi connectivity index (χ1) is 12.1. The number of urea groups is 1. The molecule has 0 bridgehead atoms. The Morgan fingerprint density at radius 3 is 2.88 bits per heavy atom. The van der Waals surface area contributed by atoms with Gasteiger partial charge in [0, 0.05) is 36.7 Å². The second-order valence-corrected chi connectivity index (χ2v) is 6.16. The Morgan fingerprint density at radius 1 is 1.24 bits per heavy atom. The zero-order valence-corrected chi connectivity index (χ0v) is 14.2. The molecule has 0 aliphatic carbocycles.